The predicted octanol–water partition coefficient (Wildman–Crippen LogP) is 2.31. The topological polar surface area (TPSA) is 32.5 Å². The van der Waals surface area contributed by atoms with Gasteiger partial charge in [0, 0.05) is 35.7 Å². The Hall–Kier alpha value is -0.580. The van der Waals surface area contributed by atoms with Crippen molar-refractivity contribution in [2.75, 3.05) is 31.6 Å². The molecule has 1 aliphatic heterocycles. The molecule has 2 rings (SSSR count). The van der Waals surface area contributed by atoms with Gasteiger partial charge in [-0.25, -0.2) is 0 Å². The maximum atomic E-state index is 5.91. The van der Waals surface area contributed by atoms with E-state index in [0.717, 1.165) is 17.6 Å². The predicted molar refractivity (Wildman–Crippen MR) is 81.0 cm³/mol. The smallest absolute Gasteiger partial charge is 0.0511 e. The number of halogens is 1. The molecule has 100 valence electrons. The van der Waals surface area contributed by atoms with Gasteiger partial charge < -0.3 is 10.6 Å². The van der Waals surface area contributed by atoms with E-state index in [4.69, 9.17) is 5.73 Å². The normalized spacial score (nSPS) is 24.3. The van der Waals surface area contributed by atoms with Gasteiger partial charge in [-0.15, -0.1) is 0 Å². The summed E-state index contributed by atoms with van der Waals surface area (Å²) in [7, 11) is 2.18. The van der Waals surface area contributed by atoms with Gasteiger partial charge >= 0.3 is 0 Å². The van der Waals surface area contributed by atoms with E-state index >= 15 is 0 Å². The fraction of sp³-hybridized carbons (Fsp3) is 0.571. The van der Waals surface area contributed by atoms with Gasteiger partial charge in [-0.3, -0.25) is 4.90 Å². The van der Waals surface area contributed by atoms with Gasteiger partial charge in [-0.2, -0.15) is 0 Å². The molecule has 2 N–H and O–H groups in total. The van der Waals surface area contributed by atoms with Crippen LogP contribution in [0.25, 0.3) is 0 Å². The summed E-state index contributed by atoms with van der Waals surface area (Å²) in [5.41, 5.74) is 7.31. The molecule has 0 bridgehead atoms. The molecule has 0 amide bonds. The van der Waals surface area contributed by atoms with E-state index in [9.17, 15) is 0 Å². The van der Waals surface area contributed by atoms with Gasteiger partial charge in [0.25, 0.3) is 0 Å². The fourth-order valence-corrected chi connectivity index (χ4v) is 3.17. The Labute approximate surface area is 118 Å². The lowest BCUT2D eigenvalue weighted by molar-refractivity contribution is 0.0845. The van der Waals surface area contributed by atoms with Crippen LogP contribution in [0.3, 0.4) is 0 Å². The Balaban J connectivity index is 2.28. The minimum absolute atomic E-state index is 0.136. The highest BCUT2D eigenvalue weighted by Crippen LogP contribution is 2.31. The highest BCUT2D eigenvalue weighted by atomic mass is 79.9. The molecule has 0 radical (unpaired) electrons. The zero-order valence-corrected chi connectivity index (χ0v) is 12.9. The standard InChI is InChI=1S/C14H22BrN3/c1-14(2)10-18(9-11(8-16)17(14)3)13-7-5-4-6-12(13)15/h4-7,11H,8-10,16H2,1-3H3. The first kappa shape index (κ1) is 13.8. The van der Waals surface area contributed by atoms with Crippen molar-refractivity contribution >= 4 is 21.6 Å². The summed E-state index contributed by atoms with van der Waals surface area (Å²) >= 11 is 3.64. The number of nitrogens with two attached hydrogens (primary N) is 1. The second-order valence-corrected chi connectivity index (χ2v) is 6.50. The van der Waals surface area contributed by atoms with Gasteiger partial charge in [0.05, 0.1) is 5.69 Å². The van der Waals surface area contributed by atoms with Crippen molar-refractivity contribution in [2.24, 2.45) is 5.73 Å². The summed E-state index contributed by atoms with van der Waals surface area (Å²) in [6.07, 6.45) is 0. The molecule has 1 aromatic carbocycles. The molecule has 0 spiro atoms. The van der Waals surface area contributed by atoms with Crippen LogP contribution in [0.4, 0.5) is 5.69 Å². The first-order valence-electron chi connectivity index (χ1n) is 6.38. The monoisotopic (exact) mass is 311 g/mol. The van der Waals surface area contributed by atoms with E-state index in [2.05, 4.69) is 70.9 Å². The Bertz CT molecular complexity index is 419. The highest BCUT2D eigenvalue weighted by Gasteiger charge is 2.37. The molecule has 1 atom stereocenters. The molecule has 0 aliphatic carbocycles. The molecule has 0 saturated carbocycles. The maximum Gasteiger partial charge on any atom is 0.0511 e. The number of nitrogens with zero attached hydrogens (tertiary/aromatic N) is 2. The van der Waals surface area contributed by atoms with Gasteiger partial charge in [-0.05, 0) is 49.0 Å². The Morgan fingerprint density at radius 3 is 2.67 bits per heavy atom. The Kier molecular flexibility index (Phi) is 3.99. The number of likely N-dealkylation sites (N-methyl/N-ethyl adjacent to an activating group) is 1. The molecule has 1 heterocycles. The van der Waals surface area contributed by atoms with Crippen LogP contribution in [0.2, 0.25) is 0 Å². The lowest BCUT2D eigenvalue weighted by atomic mass is 9.95. The minimum Gasteiger partial charge on any atom is -0.367 e. The Morgan fingerprint density at radius 1 is 1.39 bits per heavy atom. The molecule has 1 unspecified atom stereocenters. The van der Waals surface area contributed by atoms with Crippen molar-refractivity contribution < 1.29 is 0 Å². The summed E-state index contributed by atoms with van der Waals surface area (Å²) in [5.74, 6) is 0. The summed E-state index contributed by atoms with van der Waals surface area (Å²) in [5, 5.41) is 0. The average molecular weight is 312 g/mol. The SMILES string of the molecule is CN1C(CN)CN(c2ccccc2Br)CC1(C)C. The van der Waals surface area contributed by atoms with Gasteiger partial charge in [0.15, 0.2) is 0 Å². The van der Waals surface area contributed by atoms with Crippen LogP contribution < -0.4 is 10.6 Å². The minimum atomic E-state index is 0.136. The molecule has 1 saturated heterocycles. The number of hydrogen-bond acceptors (Lipinski definition) is 3. The number of hydrogen-bond donors (Lipinski definition) is 1. The number of benzene rings is 1. The van der Waals surface area contributed by atoms with E-state index in [1.807, 2.05) is 0 Å². The highest BCUT2D eigenvalue weighted by molar-refractivity contribution is 9.10. The van der Waals surface area contributed by atoms with E-state index in [0.29, 0.717) is 12.6 Å². The van der Waals surface area contributed by atoms with E-state index in [1.54, 1.807) is 0 Å². The summed E-state index contributed by atoms with van der Waals surface area (Å²) in [6, 6.07) is 8.80. The van der Waals surface area contributed by atoms with E-state index in [1.165, 1.54) is 5.69 Å². The lowest BCUT2D eigenvalue weighted by Crippen LogP contribution is -2.64. The van der Waals surface area contributed by atoms with Crippen molar-refractivity contribution in [2.45, 2.75) is 25.4 Å². The summed E-state index contributed by atoms with van der Waals surface area (Å²) in [6.45, 7) is 7.25. The van der Waals surface area contributed by atoms with Crippen LogP contribution in [0, 0.1) is 0 Å². The van der Waals surface area contributed by atoms with Crippen molar-refractivity contribution in [3.05, 3.63) is 28.7 Å². The van der Waals surface area contributed by atoms with E-state index < -0.39 is 0 Å². The molecule has 4 heteroatoms. The third-order valence-corrected chi connectivity index (χ3v) is 4.65. The molecule has 1 fully saturated rings. The summed E-state index contributed by atoms with van der Waals surface area (Å²) in [4.78, 5) is 4.84. The maximum absolute atomic E-state index is 5.91. The molecule has 0 aromatic heterocycles. The number of piperazine rings is 1. The van der Waals surface area contributed by atoms with Crippen LogP contribution in [0.15, 0.2) is 28.7 Å². The van der Waals surface area contributed by atoms with Gasteiger partial charge in [0.2, 0.25) is 0 Å². The van der Waals surface area contributed by atoms with Crippen molar-refractivity contribution in [3.8, 4) is 0 Å². The largest absolute Gasteiger partial charge is 0.367 e. The molecule has 18 heavy (non-hydrogen) atoms. The fourth-order valence-electron chi connectivity index (χ4n) is 2.64. The lowest BCUT2D eigenvalue weighted by Gasteiger charge is -2.51. The first-order valence-corrected chi connectivity index (χ1v) is 7.17. The van der Waals surface area contributed by atoms with Crippen LogP contribution in [-0.4, -0.2) is 43.2 Å². The molecule has 1 aliphatic rings. The number of rotatable bonds is 2. The number of para-hydroxylation sites is 1. The second kappa shape index (κ2) is 5.19. The zero-order valence-electron chi connectivity index (χ0n) is 11.4. The van der Waals surface area contributed by atoms with Crippen molar-refractivity contribution in [1.82, 2.24) is 4.90 Å². The van der Waals surface area contributed by atoms with Crippen LogP contribution in [0.1, 0.15) is 13.8 Å². The molecule has 3 nitrogen and oxygen atoms in total. The molecular weight excluding hydrogens is 290 g/mol. The van der Waals surface area contributed by atoms with Crippen LogP contribution >= 0.6 is 15.9 Å². The number of anilines is 1. The van der Waals surface area contributed by atoms with Crippen molar-refractivity contribution in [3.63, 3.8) is 0 Å². The third kappa shape index (κ3) is 2.56. The van der Waals surface area contributed by atoms with E-state index in [-0.39, 0.29) is 5.54 Å². The zero-order chi connectivity index (χ0) is 13.3. The van der Waals surface area contributed by atoms with Gasteiger partial charge in [-0.1, -0.05) is 12.1 Å². The first-order chi connectivity index (χ1) is 8.45. The quantitative estimate of drug-likeness (QED) is 0.909. The summed E-state index contributed by atoms with van der Waals surface area (Å²) < 4.78 is 1.15. The second-order valence-electron chi connectivity index (χ2n) is 5.64. The third-order valence-electron chi connectivity index (χ3n) is 3.98. The van der Waals surface area contributed by atoms with Crippen LogP contribution in [0.5, 0.6) is 0 Å². The van der Waals surface area contributed by atoms with Crippen LogP contribution in [-0.2, 0) is 0 Å². The average Bonchev–Trinajstić information content (AvgIpc) is 2.33. The van der Waals surface area contributed by atoms with Gasteiger partial charge in [0.1, 0.15) is 0 Å². The van der Waals surface area contributed by atoms with Crippen molar-refractivity contribution in [1.29, 1.82) is 0 Å². The molecular formula is C14H22BrN3. The molecule has 1 aromatic rings. The Morgan fingerprint density at radius 2 is 2.06 bits per heavy atom.